The monoisotopic (exact) mass is 350 g/mol. The lowest BCUT2D eigenvalue weighted by atomic mass is 10.3. The summed E-state index contributed by atoms with van der Waals surface area (Å²) in [6.45, 7) is 1.11. The van der Waals surface area contributed by atoms with E-state index in [4.69, 9.17) is 21.1 Å². The number of rotatable bonds is 8. The summed E-state index contributed by atoms with van der Waals surface area (Å²) in [6, 6.07) is 6.77. The fraction of sp³-hybridized carbons (Fsp3) is 0.312. The number of carbonyl (C=O) groups is 1. The summed E-state index contributed by atoms with van der Waals surface area (Å²) in [6.07, 6.45) is 2.26. The molecule has 1 aromatic carbocycles. The number of benzene rings is 1. The van der Waals surface area contributed by atoms with Crippen LogP contribution < -0.4 is 15.4 Å². The minimum absolute atomic E-state index is 0.260. The zero-order valence-corrected chi connectivity index (χ0v) is 14.3. The van der Waals surface area contributed by atoms with E-state index in [2.05, 4.69) is 20.6 Å². The molecule has 0 radical (unpaired) electrons. The van der Waals surface area contributed by atoms with Gasteiger partial charge in [0.05, 0.1) is 12.1 Å². The number of anilines is 2. The van der Waals surface area contributed by atoms with Crippen LogP contribution in [0.15, 0.2) is 30.5 Å². The maximum absolute atomic E-state index is 12.0. The van der Waals surface area contributed by atoms with Gasteiger partial charge in [-0.25, -0.2) is 9.97 Å². The van der Waals surface area contributed by atoms with Gasteiger partial charge in [-0.05, 0) is 30.7 Å². The Labute approximate surface area is 145 Å². The van der Waals surface area contributed by atoms with Crippen molar-refractivity contribution in [3.8, 4) is 5.75 Å². The number of aromatic nitrogens is 2. The maximum atomic E-state index is 12.0. The average Bonchev–Trinajstić information content (AvgIpc) is 2.59. The first-order chi connectivity index (χ1) is 11.6. The average molecular weight is 351 g/mol. The van der Waals surface area contributed by atoms with E-state index in [9.17, 15) is 4.79 Å². The quantitative estimate of drug-likeness (QED) is 0.712. The number of methoxy groups -OCH3 is 2. The predicted octanol–water partition coefficient (Wildman–Crippen LogP) is 2.65. The van der Waals surface area contributed by atoms with Crippen molar-refractivity contribution in [1.29, 1.82) is 0 Å². The van der Waals surface area contributed by atoms with Crippen LogP contribution in [-0.2, 0) is 4.74 Å². The van der Waals surface area contributed by atoms with E-state index in [1.807, 2.05) is 0 Å². The fourth-order valence-electron chi connectivity index (χ4n) is 1.93. The molecule has 0 aliphatic heterocycles. The van der Waals surface area contributed by atoms with Gasteiger partial charge in [0, 0.05) is 32.1 Å². The van der Waals surface area contributed by atoms with E-state index >= 15 is 0 Å². The molecule has 0 saturated carbocycles. The molecule has 128 valence electrons. The molecule has 2 rings (SSSR count). The second-order valence-electron chi connectivity index (χ2n) is 4.84. The summed E-state index contributed by atoms with van der Waals surface area (Å²) in [5.74, 6) is 0.623. The molecule has 1 aromatic heterocycles. The van der Waals surface area contributed by atoms with Gasteiger partial charge in [-0.3, -0.25) is 4.79 Å². The van der Waals surface area contributed by atoms with Crippen molar-refractivity contribution >= 4 is 29.1 Å². The van der Waals surface area contributed by atoms with Crippen LogP contribution in [0.2, 0.25) is 5.02 Å². The number of ether oxygens (including phenoxy) is 2. The van der Waals surface area contributed by atoms with E-state index in [1.54, 1.807) is 38.5 Å². The number of hydrogen-bond donors (Lipinski definition) is 2. The number of halogens is 1. The highest BCUT2D eigenvalue weighted by Gasteiger charge is 2.09. The van der Waals surface area contributed by atoms with E-state index in [-0.39, 0.29) is 11.6 Å². The molecule has 0 saturated heterocycles. The van der Waals surface area contributed by atoms with Gasteiger partial charge in [-0.1, -0.05) is 11.6 Å². The second kappa shape index (κ2) is 9.05. The van der Waals surface area contributed by atoms with E-state index in [1.165, 1.54) is 6.20 Å². The standard InChI is InChI=1S/C16H19ClN4O3/c1-23-9-3-7-18-15(22)13-6-8-19-16(21-13)20-11-4-5-14(24-2)12(17)10-11/h4-6,8,10H,3,7,9H2,1-2H3,(H,18,22)(H,19,20,21). The lowest BCUT2D eigenvalue weighted by Gasteiger charge is -2.09. The van der Waals surface area contributed by atoms with Crippen LogP contribution in [0.5, 0.6) is 5.75 Å². The third kappa shape index (κ3) is 5.07. The predicted molar refractivity (Wildman–Crippen MR) is 92.1 cm³/mol. The third-order valence-corrected chi connectivity index (χ3v) is 3.40. The molecule has 0 aliphatic rings. The molecule has 0 unspecified atom stereocenters. The summed E-state index contributed by atoms with van der Waals surface area (Å²) >= 11 is 6.08. The molecule has 2 aromatic rings. The highest BCUT2D eigenvalue weighted by Crippen LogP contribution is 2.28. The Morgan fingerprint density at radius 2 is 2.12 bits per heavy atom. The molecular formula is C16H19ClN4O3. The minimum Gasteiger partial charge on any atom is -0.495 e. The molecule has 0 atom stereocenters. The van der Waals surface area contributed by atoms with Crippen molar-refractivity contribution in [2.75, 3.05) is 32.7 Å². The van der Waals surface area contributed by atoms with E-state index in [0.717, 1.165) is 6.42 Å². The molecule has 7 nitrogen and oxygen atoms in total. The zero-order valence-electron chi connectivity index (χ0n) is 13.5. The van der Waals surface area contributed by atoms with Crippen LogP contribution in [0, 0.1) is 0 Å². The topological polar surface area (TPSA) is 85.4 Å². The molecule has 8 heteroatoms. The third-order valence-electron chi connectivity index (χ3n) is 3.11. The van der Waals surface area contributed by atoms with Crippen LogP contribution in [0.1, 0.15) is 16.9 Å². The summed E-state index contributed by atoms with van der Waals surface area (Å²) in [5.41, 5.74) is 0.975. The molecule has 1 heterocycles. The Morgan fingerprint density at radius 1 is 1.29 bits per heavy atom. The van der Waals surface area contributed by atoms with Gasteiger partial charge < -0.3 is 20.1 Å². The highest BCUT2D eigenvalue weighted by molar-refractivity contribution is 6.32. The zero-order chi connectivity index (χ0) is 17.4. The van der Waals surface area contributed by atoms with E-state index in [0.29, 0.717) is 35.6 Å². The van der Waals surface area contributed by atoms with E-state index < -0.39 is 0 Å². The Hall–Kier alpha value is -2.38. The smallest absolute Gasteiger partial charge is 0.270 e. The van der Waals surface area contributed by atoms with Crippen molar-refractivity contribution in [3.05, 3.63) is 41.2 Å². The highest BCUT2D eigenvalue weighted by atomic mass is 35.5. The molecule has 24 heavy (non-hydrogen) atoms. The normalized spacial score (nSPS) is 10.3. The lowest BCUT2D eigenvalue weighted by Crippen LogP contribution is -2.26. The largest absolute Gasteiger partial charge is 0.495 e. The van der Waals surface area contributed by atoms with Gasteiger partial charge in [0.2, 0.25) is 5.95 Å². The molecular weight excluding hydrogens is 332 g/mol. The van der Waals surface area contributed by atoms with Gasteiger partial charge in [0.1, 0.15) is 11.4 Å². The molecule has 2 N–H and O–H groups in total. The Balaban J connectivity index is 2.02. The number of carbonyl (C=O) groups excluding carboxylic acids is 1. The summed E-state index contributed by atoms with van der Waals surface area (Å²) in [4.78, 5) is 20.3. The van der Waals surface area contributed by atoms with Crippen molar-refractivity contribution in [3.63, 3.8) is 0 Å². The van der Waals surface area contributed by atoms with Crippen LogP contribution in [0.3, 0.4) is 0 Å². The Morgan fingerprint density at radius 3 is 2.83 bits per heavy atom. The van der Waals surface area contributed by atoms with Gasteiger partial charge in [0.15, 0.2) is 0 Å². The van der Waals surface area contributed by atoms with Crippen LogP contribution >= 0.6 is 11.6 Å². The molecule has 0 aliphatic carbocycles. The molecule has 0 spiro atoms. The first-order valence-corrected chi connectivity index (χ1v) is 7.72. The molecule has 0 fully saturated rings. The molecule has 0 bridgehead atoms. The number of nitrogens with zero attached hydrogens (tertiary/aromatic N) is 2. The first-order valence-electron chi connectivity index (χ1n) is 7.35. The summed E-state index contributed by atoms with van der Waals surface area (Å²) in [5, 5.41) is 6.25. The van der Waals surface area contributed by atoms with Crippen molar-refractivity contribution in [1.82, 2.24) is 15.3 Å². The number of hydrogen-bond acceptors (Lipinski definition) is 6. The van der Waals surface area contributed by atoms with Gasteiger partial charge >= 0.3 is 0 Å². The Bertz CT molecular complexity index is 697. The second-order valence-corrected chi connectivity index (χ2v) is 5.25. The van der Waals surface area contributed by atoms with Crippen molar-refractivity contribution in [2.24, 2.45) is 0 Å². The lowest BCUT2D eigenvalue weighted by molar-refractivity contribution is 0.0943. The number of nitrogens with one attached hydrogen (secondary N) is 2. The SMILES string of the molecule is COCCCNC(=O)c1ccnc(Nc2ccc(OC)c(Cl)c2)n1. The van der Waals surface area contributed by atoms with Crippen LogP contribution in [-0.4, -0.2) is 43.2 Å². The van der Waals surface area contributed by atoms with Crippen molar-refractivity contribution < 1.29 is 14.3 Å². The summed E-state index contributed by atoms with van der Waals surface area (Å²) < 4.78 is 10.0. The van der Waals surface area contributed by atoms with Gasteiger partial charge in [0.25, 0.3) is 5.91 Å². The minimum atomic E-state index is -0.260. The molecule has 1 amide bonds. The maximum Gasteiger partial charge on any atom is 0.270 e. The first kappa shape index (κ1) is 18.0. The van der Waals surface area contributed by atoms with Crippen LogP contribution in [0.4, 0.5) is 11.6 Å². The fourth-order valence-corrected chi connectivity index (χ4v) is 2.19. The van der Waals surface area contributed by atoms with Crippen LogP contribution in [0.25, 0.3) is 0 Å². The Kier molecular flexibility index (Phi) is 6.77. The van der Waals surface area contributed by atoms with Gasteiger partial charge in [-0.15, -0.1) is 0 Å². The number of amides is 1. The van der Waals surface area contributed by atoms with Crippen molar-refractivity contribution in [2.45, 2.75) is 6.42 Å². The van der Waals surface area contributed by atoms with Gasteiger partial charge in [-0.2, -0.15) is 0 Å². The summed E-state index contributed by atoms with van der Waals surface area (Å²) in [7, 11) is 3.17.